The molecule has 9 N–H and O–H groups in total. The maximum Gasteiger partial charge on any atom is 0.326 e. The van der Waals surface area contributed by atoms with Crippen LogP contribution in [0.2, 0.25) is 0 Å². The number of H-pyrrole nitrogens is 6. The molecule has 0 aliphatic carbocycles. The second-order valence-corrected chi connectivity index (χ2v) is 10.8. The van der Waals surface area contributed by atoms with Gasteiger partial charge in [-0.05, 0) is 72.8 Å². The standard InChI is InChI=1S/C33H24N10O9/c44-25-13-22(37-31(50)40-25)28(47)34-16-1-7-19(8-2-16)43(20-9-3-17(4-10-20)35-29(48)23-14-26(45)41-32(51)38-23)21-11-5-18(6-12-21)36-30(49)24-15-27(46)42-33(52)39-24/h1-15H,(H,34,47)(H,35,48)(H,36,49)(H2,37,40,44,50)(H2,38,41,45,51)(H2,39,42,46,52). The minimum absolute atomic E-state index is 0.241. The quantitative estimate of drug-likeness (QED) is 0.103. The summed E-state index contributed by atoms with van der Waals surface area (Å²) < 4.78 is 0. The number of nitrogens with one attached hydrogen (secondary N) is 9. The number of rotatable bonds is 9. The van der Waals surface area contributed by atoms with Crippen molar-refractivity contribution < 1.29 is 14.4 Å². The number of amides is 3. The third-order valence-corrected chi connectivity index (χ3v) is 7.17. The predicted molar refractivity (Wildman–Crippen MR) is 188 cm³/mol. The Bertz CT molecular complexity index is 2310. The summed E-state index contributed by atoms with van der Waals surface area (Å²) in [5.74, 6) is -2.18. The van der Waals surface area contributed by atoms with Gasteiger partial charge in [0, 0.05) is 52.3 Å². The molecule has 0 fully saturated rings. The molecule has 3 amide bonds. The first kappa shape index (κ1) is 33.8. The number of benzene rings is 3. The molecular formula is C33H24N10O9. The molecule has 0 unspecified atom stereocenters. The fourth-order valence-corrected chi connectivity index (χ4v) is 4.90. The summed E-state index contributed by atoms with van der Waals surface area (Å²) in [6, 6.07) is 22.4. The highest BCUT2D eigenvalue weighted by Gasteiger charge is 2.16. The van der Waals surface area contributed by atoms with Gasteiger partial charge in [0.05, 0.1) is 0 Å². The van der Waals surface area contributed by atoms with Crippen LogP contribution in [0, 0.1) is 0 Å². The lowest BCUT2D eigenvalue weighted by Gasteiger charge is -2.26. The number of anilines is 6. The Morgan fingerprint density at radius 2 is 0.635 bits per heavy atom. The van der Waals surface area contributed by atoms with E-state index in [1.807, 2.05) is 15.0 Å². The monoisotopic (exact) mass is 704 g/mol. The normalized spacial score (nSPS) is 10.6. The highest BCUT2D eigenvalue weighted by molar-refractivity contribution is 6.04. The molecule has 52 heavy (non-hydrogen) atoms. The maximum absolute atomic E-state index is 12.7. The van der Waals surface area contributed by atoms with Gasteiger partial charge in [-0.2, -0.15) is 0 Å². The highest BCUT2D eigenvalue weighted by Crippen LogP contribution is 2.36. The minimum atomic E-state index is -0.838. The van der Waals surface area contributed by atoms with Gasteiger partial charge < -0.3 is 35.8 Å². The molecule has 3 aromatic carbocycles. The first-order chi connectivity index (χ1) is 24.9. The van der Waals surface area contributed by atoms with Gasteiger partial charge in [0.15, 0.2) is 0 Å². The van der Waals surface area contributed by atoms with Crippen molar-refractivity contribution in [3.05, 3.63) is 171 Å². The van der Waals surface area contributed by atoms with Gasteiger partial charge in [-0.15, -0.1) is 0 Å². The van der Waals surface area contributed by atoms with E-state index in [0.29, 0.717) is 34.1 Å². The lowest BCUT2D eigenvalue weighted by Crippen LogP contribution is -2.27. The van der Waals surface area contributed by atoms with E-state index < -0.39 is 51.5 Å². The van der Waals surface area contributed by atoms with Crippen LogP contribution in [0.25, 0.3) is 0 Å². The zero-order valence-corrected chi connectivity index (χ0v) is 26.3. The first-order valence-corrected chi connectivity index (χ1v) is 15.0. The molecule has 6 rings (SSSR count). The number of aromatic amines is 6. The van der Waals surface area contributed by atoms with Crippen LogP contribution in [-0.4, -0.2) is 47.6 Å². The van der Waals surface area contributed by atoms with E-state index in [1.165, 1.54) is 0 Å². The van der Waals surface area contributed by atoms with E-state index in [9.17, 15) is 43.2 Å². The van der Waals surface area contributed by atoms with Crippen LogP contribution in [0.15, 0.2) is 120 Å². The first-order valence-electron chi connectivity index (χ1n) is 15.0. The van der Waals surface area contributed by atoms with E-state index in [0.717, 1.165) is 18.2 Å². The molecule has 3 aromatic heterocycles. The number of hydrogen-bond donors (Lipinski definition) is 9. The van der Waals surface area contributed by atoms with Crippen LogP contribution >= 0.6 is 0 Å². The van der Waals surface area contributed by atoms with Crippen molar-refractivity contribution in [3.8, 4) is 0 Å². The van der Waals surface area contributed by atoms with Crippen molar-refractivity contribution in [2.24, 2.45) is 0 Å². The van der Waals surface area contributed by atoms with Crippen molar-refractivity contribution in [1.82, 2.24) is 29.9 Å². The van der Waals surface area contributed by atoms with Crippen LogP contribution in [0.3, 0.4) is 0 Å². The Morgan fingerprint density at radius 3 is 0.865 bits per heavy atom. The molecule has 0 aliphatic rings. The van der Waals surface area contributed by atoms with Crippen molar-refractivity contribution in [3.63, 3.8) is 0 Å². The summed E-state index contributed by atoms with van der Waals surface area (Å²) >= 11 is 0. The summed E-state index contributed by atoms with van der Waals surface area (Å²) in [4.78, 5) is 122. The number of hydrogen-bond acceptors (Lipinski definition) is 10. The fraction of sp³-hybridized carbons (Fsp3) is 0. The molecule has 0 atom stereocenters. The maximum atomic E-state index is 12.7. The molecule has 0 bridgehead atoms. The minimum Gasteiger partial charge on any atom is -0.321 e. The molecule has 6 aromatic rings. The summed E-state index contributed by atoms with van der Waals surface area (Å²) in [5.41, 5.74) is -2.72. The summed E-state index contributed by atoms with van der Waals surface area (Å²) in [6.07, 6.45) is 0. The summed E-state index contributed by atoms with van der Waals surface area (Å²) in [5, 5.41) is 7.81. The van der Waals surface area contributed by atoms with Gasteiger partial charge in [-0.25, -0.2) is 14.4 Å². The summed E-state index contributed by atoms with van der Waals surface area (Å²) in [6.45, 7) is 0. The SMILES string of the molecule is O=C(Nc1ccc(N(c2ccc(NC(=O)c3cc(=O)[nH]c(=O)[nH]3)cc2)c2ccc(NC(=O)c3cc(=O)[nH]c(=O)[nH]3)cc2)cc1)c1cc(=O)[nH]c(=O)[nH]1. The second kappa shape index (κ2) is 14.2. The lowest BCUT2D eigenvalue weighted by molar-refractivity contribution is 0.101. The van der Waals surface area contributed by atoms with Gasteiger partial charge >= 0.3 is 17.1 Å². The van der Waals surface area contributed by atoms with Gasteiger partial charge in [0.2, 0.25) is 0 Å². The van der Waals surface area contributed by atoms with E-state index in [1.54, 1.807) is 77.7 Å². The fourth-order valence-electron chi connectivity index (χ4n) is 4.90. The Kier molecular flexibility index (Phi) is 9.22. The molecule has 19 nitrogen and oxygen atoms in total. The Balaban J connectivity index is 1.28. The van der Waals surface area contributed by atoms with E-state index >= 15 is 0 Å². The van der Waals surface area contributed by atoms with Crippen molar-refractivity contribution >= 4 is 51.8 Å². The van der Waals surface area contributed by atoms with E-state index in [-0.39, 0.29) is 17.1 Å². The number of nitrogens with zero attached hydrogens (tertiary/aromatic N) is 1. The van der Waals surface area contributed by atoms with Crippen molar-refractivity contribution in [2.45, 2.75) is 0 Å². The van der Waals surface area contributed by atoms with Gasteiger partial charge in [-0.1, -0.05) is 0 Å². The zero-order valence-electron chi connectivity index (χ0n) is 26.3. The molecule has 3 heterocycles. The number of carbonyl (C=O) groups excluding carboxylic acids is 3. The molecule has 0 saturated carbocycles. The topological polar surface area (TPSA) is 288 Å². The van der Waals surface area contributed by atoms with Gasteiger partial charge in [0.25, 0.3) is 34.4 Å². The largest absolute Gasteiger partial charge is 0.326 e. The summed E-state index contributed by atoms with van der Waals surface area (Å²) in [7, 11) is 0. The molecule has 19 heteroatoms. The van der Waals surface area contributed by atoms with E-state index in [4.69, 9.17) is 0 Å². The van der Waals surface area contributed by atoms with E-state index in [2.05, 4.69) is 30.9 Å². The van der Waals surface area contributed by atoms with Gasteiger partial charge in [-0.3, -0.25) is 43.7 Å². The average molecular weight is 705 g/mol. The molecular weight excluding hydrogens is 680 g/mol. The van der Waals surface area contributed by atoms with Crippen LogP contribution in [-0.2, 0) is 0 Å². The van der Waals surface area contributed by atoms with Crippen LogP contribution < -0.4 is 54.6 Å². The molecule has 0 spiro atoms. The molecule has 260 valence electrons. The average Bonchev–Trinajstić information content (AvgIpc) is 3.09. The lowest BCUT2D eigenvalue weighted by atomic mass is 10.1. The molecule has 0 radical (unpaired) electrons. The molecule has 0 saturated heterocycles. The van der Waals surface area contributed by atoms with Crippen molar-refractivity contribution in [2.75, 3.05) is 20.9 Å². The smallest absolute Gasteiger partial charge is 0.321 e. The van der Waals surface area contributed by atoms with Crippen LogP contribution in [0.1, 0.15) is 31.5 Å². The third kappa shape index (κ3) is 7.95. The second-order valence-electron chi connectivity index (χ2n) is 10.8. The Labute approximate surface area is 287 Å². The zero-order chi connectivity index (χ0) is 36.9. The van der Waals surface area contributed by atoms with Crippen LogP contribution in [0.4, 0.5) is 34.1 Å². The Hall–Kier alpha value is -8.09. The Morgan fingerprint density at radius 1 is 0.385 bits per heavy atom. The van der Waals surface area contributed by atoms with Gasteiger partial charge in [0.1, 0.15) is 17.1 Å². The molecule has 0 aliphatic heterocycles. The third-order valence-electron chi connectivity index (χ3n) is 7.17. The van der Waals surface area contributed by atoms with Crippen molar-refractivity contribution in [1.29, 1.82) is 0 Å². The number of carbonyl (C=O) groups is 3. The van der Waals surface area contributed by atoms with Crippen LogP contribution in [0.5, 0.6) is 0 Å². The predicted octanol–water partition coefficient (Wildman–Crippen LogP) is 1.04. The number of aromatic nitrogens is 6. The highest BCUT2D eigenvalue weighted by atomic mass is 16.2.